The van der Waals surface area contributed by atoms with Gasteiger partial charge >= 0.3 is 0 Å². The van der Waals surface area contributed by atoms with E-state index >= 15 is 0 Å². The van der Waals surface area contributed by atoms with Gasteiger partial charge < -0.3 is 73.8 Å². The van der Waals surface area contributed by atoms with Crippen LogP contribution in [0.4, 0.5) is 5.69 Å². The van der Waals surface area contributed by atoms with Gasteiger partial charge in [-0.05, 0) is 134 Å². The van der Waals surface area contributed by atoms with Crippen molar-refractivity contribution in [3.8, 4) is 44.5 Å². The highest BCUT2D eigenvalue weighted by molar-refractivity contribution is 6.02. The van der Waals surface area contributed by atoms with Crippen molar-refractivity contribution in [3.05, 3.63) is 198 Å². The topological polar surface area (TPSA) is 372 Å². The number of hydrogen-bond acceptors (Lipinski definition) is 14. The maximum atomic E-state index is 14.0. The molecule has 2 aliphatic rings. The number of likely N-dealkylation sites (N-methyl/N-ethyl adjacent to an activating group) is 2. The number of aromatic nitrogens is 4. The van der Waals surface area contributed by atoms with Crippen molar-refractivity contribution in [2.45, 2.75) is 83.3 Å². The number of benzene rings is 5. The van der Waals surface area contributed by atoms with Crippen LogP contribution in [0.3, 0.4) is 0 Å². The summed E-state index contributed by atoms with van der Waals surface area (Å²) in [4.78, 5) is 149. The van der Waals surface area contributed by atoms with Gasteiger partial charge in [0.2, 0.25) is 59.1 Å². The lowest BCUT2D eigenvalue weighted by atomic mass is 10.0. The average Bonchev–Trinajstić information content (AvgIpc) is 1.61. The highest BCUT2D eigenvalue weighted by Crippen LogP contribution is 2.39. The van der Waals surface area contributed by atoms with E-state index in [1.807, 2.05) is 105 Å². The fraction of sp³-hybridized carbons (Fsp3) is 0.286. The molecule has 0 fully saturated rings. The average molecular weight is 1490 g/mol. The number of H-pyrrole nitrogens is 2. The van der Waals surface area contributed by atoms with Gasteiger partial charge in [0.1, 0.15) is 18.1 Å². The highest BCUT2D eigenvalue weighted by atomic mass is 16.2. The lowest BCUT2D eigenvalue weighted by Crippen LogP contribution is -2.56. The fourth-order valence-electron chi connectivity index (χ4n) is 12.8. The second-order valence-corrected chi connectivity index (χ2v) is 27.0. The number of hydrogen-bond donors (Lipinski definition) is 14. The number of carbonyl (C=O) groups excluding carboxylic acids is 10. The Labute approximate surface area is 638 Å². The number of aromatic amines is 2. The number of fused-ring (bicyclic) bond motifs is 8. The van der Waals surface area contributed by atoms with E-state index in [2.05, 4.69) is 147 Å². The fourth-order valence-corrected chi connectivity index (χ4v) is 12.8. The van der Waals surface area contributed by atoms with Crippen LogP contribution in [0.25, 0.3) is 90.9 Å². The Morgan fingerprint density at radius 2 is 0.764 bits per heavy atom. The first-order valence-electron chi connectivity index (χ1n) is 37.0. The summed E-state index contributed by atoms with van der Waals surface area (Å²) in [6.07, 6.45) is 9.82. The van der Waals surface area contributed by atoms with Gasteiger partial charge in [-0.1, -0.05) is 154 Å². The van der Waals surface area contributed by atoms with E-state index in [9.17, 15) is 47.9 Å². The van der Waals surface area contributed by atoms with Gasteiger partial charge in [-0.2, -0.15) is 0 Å². The first-order valence-corrected chi connectivity index (χ1v) is 37.0. The Kier molecular flexibility index (Phi) is 29.3. The summed E-state index contributed by atoms with van der Waals surface area (Å²) in [5.41, 5.74) is 15.2. The number of nitrogens with zero attached hydrogens (tertiary/aromatic N) is 2. The second kappa shape index (κ2) is 40.3. The molecule has 0 spiro atoms. The number of nitrogens with one attached hydrogen (secondary N) is 14. The van der Waals surface area contributed by atoms with Crippen LogP contribution in [0.5, 0.6) is 0 Å². The Balaban J connectivity index is 0.705. The van der Waals surface area contributed by atoms with Crippen molar-refractivity contribution >= 4 is 111 Å². The molecule has 0 unspecified atom stereocenters. The standard InChI is InChI=1S/C84H94N16O10/c1-53(2)46-69(83(109)91-50-74(104)89-45-44-88-73(103)48-85-3)100-84(110)70(47-54-20-10-5-11-21-54)99-77(107)52-92-82(108)68(98-75(105)49-86-4)41-42-72(102)87-43-19-9-18-28-71(101)90-51-76(106)93-59-31-29-58(30-32-59)81-66-39-37-64(96-66)79(56-24-14-7-15-25-56)62-35-33-60(94-62)78(55-22-12-6-13-23-55)61-34-36-63(95-61)80(57-26-16-8-17-27-57)65-38-40-67(81)97-65/h5-8,10-17,20-27,29-40,53,68-70,85-86,94,97H,9,18-19,28,41-52H2,1-4H3,(H,87,102)(H,88,103)(H,89,104)(H,90,101)(H,91,109)(H,92,108)(H,93,106)(H,98,105)(H,99,107)(H,100,110)/t68-,69-,70-/m0/s1. The molecule has 8 bridgehead atoms. The SMILES string of the molecule is CNCC(=O)NCCNC(=O)CNC(=O)[C@H](CC(C)C)NC(=O)[C@H](Cc1ccccc1)NC(=O)CNC(=O)[C@H](CCC(=O)NCCCCCC(=O)NCC(=O)Nc1ccc(-c2c3nc(c(-c4ccccc4)c4ccc([nH]4)c(-c4ccccc4)c4nc(c(-c5ccccc5)c5ccc2[nH]5)C=C4)C=C3)cc1)NC(=O)CNC. The molecule has 0 radical (unpaired) electrons. The summed E-state index contributed by atoms with van der Waals surface area (Å²) < 4.78 is 0. The van der Waals surface area contributed by atoms with E-state index in [-0.39, 0.29) is 89.1 Å². The molecule has 5 aromatic carbocycles. The molecule has 570 valence electrons. The quantitative estimate of drug-likeness (QED) is 0.0168. The van der Waals surface area contributed by atoms with Crippen LogP contribution in [0.2, 0.25) is 0 Å². The summed E-state index contributed by atoms with van der Waals surface area (Å²) in [5, 5.41) is 32.1. The number of rotatable bonds is 37. The summed E-state index contributed by atoms with van der Waals surface area (Å²) in [7, 11) is 3.18. The molecule has 10 rings (SSSR count). The van der Waals surface area contributed by atoms with E-state index in [1.165, 1.54) is 0 Å². The van der Waals surface area contributed by atoms with E-state index in [0.29, 0.717) is 30.5 Å². The third-order valence-corrected chi connectivity index (χ3v) is 18.1. The van der Waals surface area contributed by atoms with Crippen molar-refractivity contribution in [1.82, 2.24) is 78.4 Å². The predicted octanol–water partition coefficient (Wildman–Crippen LogP) is 7.48. The molecule has 5 heterocycles. The van der Waals surface area contributed by atoms with Gasteiger partial charge in [0, 0.05) is 88.9 Å². The molecule has 3 atom stereocenters. The summed E-state index contributed by atoms with van der Waals surface area (Å²) in [6.45, 7) is 2.96. The smallest absolute Gasteiger partial charge is 0.243 e. The zero-order valence-corrected chi connectivity index (χ0v) is 62.1. The first kappa shape index (κ1) is 79.9. The van der Waals surface area contributed by atoms with Gasteiger partial charge in [-0.25, -0.2) is 9.97 Å². The van der Waals surface area contributed by atoms with Crippen molar-refractivity contribution in [2.24, 2.45) is 5.92 Å². The first-order chi connectivity index (χ1) is 53.4. The third-order valence-electron chi connectivity index (χ3n) is 18.1. The molecular weight excluding hydrogens is 1390 g/mol. The molecule has 110 heavy (non-hydrogen) atoms. The number of anilines is 1. The Bertz CT molecular complexity index is 4780. The molecule has 8 aromatic rings. The van der Waals surface area contributed by atoms with Gasteiger partial charge in [0.25, 0.3) is 0 Å². The van der Waals surface area contributed by atoms with Crippen LogP contribution >= 0.6 is 0 Å². The molecular formula is C84H94N16O10. The minimum absolute atomic E-state index is 0.00866. The molecule has 0 saturated carbocycles. The van der Waals surface area contributed by atoms with Crippen LogP contribution in [0, 0.1) is 5.92 Å². The molecule has 10 amide bonds. The molecule has 0 saturated heterocycles. The Hall–Kier alpha value is -12.7. The largest absolute Gasteiger partial charge is 0.356 e. The van der Waals surface area contributed by atoms with Crippen LogP contribution in [-0.2, 0) is 54.4 Å². The lowest BCUT2D eigenvalue weighted by Gasteiger charge is -2.24. The van der Waals surface area contributed by atoms with Gasteiger partial charge in [-0.15, -0.1) is 0 Å². The maximum Gasteiger partial charge on any atom is 0.243 e. The lowest BCUT2D eigenvalue weighted by molar-refractivity contribution is -0.133. The zero-order valence-electron chi connectivity index (χ0n) is 62.1. The van der Waals surface area contributed by atoms with E-state index in [4.69, 9.17) is 9.97 Å². The normalized spacial score (nSPS) is 12.2. The summed E-state index contributed by atoms with van der Waals surface area (Å²) in [6, 6.07) is 51.8. The monoisotopic (exact) mass is 1490 g/mol. The van der Waals surface area contributed by atoms with Gasteiger partial charge in [-0.3, -0.25) is 47.9 Å². The Morgan fingerprint density at radius 1 is 0.355 bits per heavy atom. The maximum absolute atomic E-state index is 14.0. The zero-order chi connectivity index (χ0) is 77.7. The van der Waals surface area contributed by atoms with E-state index in [0.717, 1.165) is 89.4 Å². The minimum atomic E-state index is -1.23. The van der Waals surface area contributed by atoms with Gasteiger partial charge in [0.05, 0.1) is 55.5 Å². The van der Waals surface area contributed by atoms with Crippen LogP contribution in [-0.4, -0.2) is 164 Å². The molecule has 0 aliphatic carbocycles. The molecule has 26 heteroatoms. The van der Waals surface area contributed by atoms with E-state index in [1.54, 1.807) is 44.4 Å². The van der Waals surface area contributed by atoms with Crippen molar-refractivity contribution in [3.63, 3.8) is 0 Å². The molecule has 2 aliphatic heterocycles. The van der Waals surface area contributed by atoms with Crippen molar-refractivity contribution < 1.29 is 47.9 Å². The Morgan fingerprint density at radius 3 is 1.25 bits per heavy atom. The predicted molar refractivity (Wildman–Crippen MR) is 428 cm³/mol. The van der Waals surface area contributed by atoms with Crippen LogP contribution < -0.4 is 63.8 Å². The number of amides is 10. The second-order valence-electron chi connectivity index (χ2n) is 27.0. The molecule has 14 N–H and O–H groups in total. The van der Waals surface area contributed by atoms with Gasteiger partial charge in [0.15, 0.2) is 0 Å². The summed E-state index contributed by atoms with van der Waals surface area (Å²) in [5.74, 6) is -5.37. The summed E-state index contributed by atoms with van der Waals surface area (Å²) >= 11 is 0. The van der Waals surface area contributed by atoms with Crippen molar-refractivity contribution in [1.29, 1.82) is 0 Å². The van der Waals surface area contributed by atoms with Crippen molar-refractivity contribution in [2.75, 3.05) is 71.8 Å². The van der Waals surface area contributed by atoms with Crippen LogP contribution in [0.1, 0.15) is 87.1 Å². The molecule has 3 aromatic heterocycles. The third kappa shape index (κ3) is 23.2. The van der Waals surface area contributed by atoms with Crippen LogP contribution in [0.15, 0.2) is 170 Å². The number of carbonyl (C=O) groups is 10. The highest BCUT2D eigenvalue weighted by Gasteiger charge is 2.30. The number of unbranched alkanes of at least 4 members (excludes halogenated alkanes) is 2. The molecule has 26 nitrogen and oxygen atoms in total. The minimum Gasteiger partial charge on any atom is -0.356 e. The van der Waals surface area contributed by atoms with E-state index < -0.39 is 78.5 Å².